The lowest BCUT2D eigenvalue weighted by Crippen LogP contribution is -2.56. The Hall–Kier alpha value is -4.61. The molecule has 0 radical (unpaired) electrons. The van der Waals surface area contributed by atoms with Crippen LogP contribution < -0.4 is 9.64 Å². The van der Waals surface area contributed by atoms with Gasteiger partial charge in [0.2, 0.25) is 5.91 Å². The number of piperazine rings is 1. The van der Waals surface area contributed by atoms with Crippen LogP contribution in [0.2, 0.25) is 0 Å². The van der Waals surface area contributed by atoms with Crippen molar-refractivity contribution >= 4 is 23.6 Å². The zero-order chi connectivity index (χ0) is 32.4. The van der Waals surface area contributed by atoms with Gasteiger partial charge in [-0.15, -0.1) is 0 Å². The van der Waals surface area contributed by atoms with E-state index in [0.717, 1.165) is 42.4 Å². The lowest BCUT2D eigenvalue weighted by atomic mass is 9.95. The molecule has 2 aliphatic heterocycles. The molecule has 6 rings (SSSR count). The van der Waals surface area contributed by atoms with E-state index in [2.05, 4.69) is 22.3 Å². The third-order valence-electron chi connectivity index (χ3n) is 9.18. The zero-order valence-corrected chi connectivity index (χ0v) is 26.3. The number of halogens is 1. The van der Waals surface area contributed by atoms with Gasteiger partial charge in [-0.05, 0) is 62.8 Å². The Bertz CT molecular complexity index is 1550. The number of nitrogens with one attached hydrogen (secondary N) is 1. The summed E-state index contributed by atoms with van der Waals surface area (Å²) >= 11 is 0. The number of amides is 3. The van der Waals surface area contributed by atoms with Crippen molar-refractivity contribution in [3.8, 4) is 16.9 Å². The van der Waals surface area contributed by atoms with Crippen molar-refractivity contribution in [3.63, 3.8) is 0 Å². The van der Waals surface area contributed by atoms with E-state index < -0.39 is 17.5 Å². The zero-order valence-electron chi connectivity index (χ0n) is 26.3. The number of anilines is 1. The molecule has 1 aliphatic carbocycles. The Morgan fingerprint density at radius 3 is 2.37 bits per heavy atom. The molecule has 1 saturated carbocycles. The first-order chi connectivity index (χ1) is 22.1. The monoisotopic (exact) mass is 632 g/mol. The second-order valence-corrected chi connectivity index (χ2v) is 12.9. The molecule has 2 N–H and O–H groups in total. The van der Waals surface area contributed by atoms with Crippen molar-refractivity contribution in [2.45, 2.75) is 57.7 Å². The molecule has 1 atom stereocenters. The number of ether oxygens (including phenoxy) is 1. The Morgan fingerprint density at radius 1 is 1.00 bits per heavy atom. The molecule has 0 unspecified atom stereocenters. The van der Waals surface area contributed by atoms with Crippen molar-refractivity contribution in [1.82, 2.24) is 24.9 Å². The molecule has 3 aromatic rings. The van der Waals surface area contributed by atoms with E-state index in [1.807, 2.05) is 28.1 Å². The predicted molar refractivity (Wildman–Crippen MR) is 170 cm³/mol. The number of carbonyl (C=O) groups excluding carboxylic acids is 2. The summed E-state index contributed by atoms with van der Waals surface area (Å²) in [7, 11) is 0. The Kier molecular flexibility index (Phi) is 8.88. The Balaban J connectivity index is 1.11. The fraction of sp³-hybridized carbons (Fsp3) is 0.471. The van der Waals surface area contributed by atoms with Crippen LogP contribution in [-0.4, -0.2) is 98.8 Å². The quantitative estimate of drug-likeness (QED) is 0.354. The van der Waals surface area contributed by atoms with Gasteiger partial charge >= 0.3 is 6.09 Å². The highest BCUT2D eigenvalue weighted by Gasteiger charge is 2.39. The number of aromatic amines is 1. The van der Waals surface area contributed by atoms with Gasteiger partial charge in [-0.3, -0.25) is 14.7 Å². The average molecular weight is 633 g/mol. The fourth-order valence-corrected chi connectivity index (χ4v) is 6.44. The molecule has 2 aromatic carbocycles. The van der Waals surface area contributed by atoms with Gasteiger partial charge in [0.15, 0.2) is 17.2 Å². The number of carbonyl (C=O) groups is 3. The van der Waals surface area contributed by atoms with Crippen LogP contribution >= 0.6 is 0 Å². The summed E-state index contributed by atoms with van der Waals surface area (Å²) in [5, 5.41) is 16.1. The minimum atomic E-state index is -1.37. The van der Waals surface area contributed by atoms with Gasteiger partial charge in [0.05, 0.1) is 17.8 Å². The van der Waals surface area contributed by atoms with Crippen molar-refractivity contribution < 1.29 is 28.6 Å². The second-order valence-electron chi connectivity index (χ2n) is 12.9. The number of piperidine rings is 1. The van der Waals surface area contributed by atoms with Crippen molar-refractivity contribution in [2.24, 2.45) is 5.92 Å². The fourth-order valence-electron chi connectivity index (χ4n) is 6.44. The molecule has 12 heteroatoms. The molecule has 0 bridgehead atoms. The summed E-state index contributed by atoms with van der Waals surface area (Å²) in [4.78, 5) is 45.2. The predicted octanol–water partition coefficient (Wildman–Crippen LogP) is 4.60. The van der Waals surface area contributed by atoms with Gasteiger partial charge in [-0.25, -0.2) is 9.18 Å². The summed E-state index contributed by atoms with van der Waals surface area (Å²) < 4.78 is 22.0. The van der Waals surface area contributed by atoms with Crippen LogP contribution in [-0.2, 0) is 16.1 Å². The van der Waals surface area contributed by atoms with Crippen molar-refractivity contribution in [3.05, 3.63) is 66.2 Å². The molecule has 244 valence electrons. The van der Waals surface area contributed by atoms with Crippen LogP contribution in [0.4, 0.5) is 14.9 Å². The molecule has 3 heterocycles. The molecule has 3 fully saturated rings. The highest BCUT2D eigenvalue weighted by molar-refractivity contribution is 5.85. The maximum absolute atomic E-state index is 16.0. The van der Waals surface area contributed by atoms with Crippen molar-refractivity contribution in [2.75, 3.05) is 44.2 Å². The van der Waals surface area contributed by atoms with Gasteiger partial charge in [-0.1, -0.05) is 30.3 Å². The third kappa shape index (κ3) is 6.80. The van der Waals surface area contributed by atoms with Gasteiger partial charge in [0.25, 0.3) is 5.91 Å². The molecule has 2 saturated heterocycles. The number of nitrogens with zero attached hydrogens (tertiary/aromatic N) is 5. The number of hydrogen-bond donors (Lipinski definition) is 2. The van der Waals surface area contributed by atoms with E-state index in [0.29, 0.717) is 25.3 Å². The van der Waals surface area contributed by atoms with Crippen molar-refractivity contribution in [1.29, 1.82) is 0 Å². The van der Waals surface area contributed by atoms with E-state index in [1.165, 1.54) is 11.0 Å². The van der Waals surface area contributed by atoms with Gasteiger partial charge in [0.1, 0.15) is 0 Å². The molecule has 1 aromatic heterocycles. The van der Waals surface area contributed by atoms with Gasteiger partial charge < -0.3 is 29.4 Å². The number of benzene rings is 2. The lowest BCUT2D eigenvalue weighted by Gasteiger charge is -2.38. The summed E-state index contributed by atoms with van der Waals surface area (Å²) in [5.74, 6) is -1.09. The van der Waals surface area contributed by atoms with Crippen LogP contribution in [0.1, 0.15) is 45.1 Å². The number of hydrogen-bond acceptors (Lipinski definition) is 6. The van der Waals surface area contributed by atoms with E-state index in [4.69, 9.17) is 4.74 Å². The lowest BCUT2D eigenvalue weighted by molar-refractivity contribution is -0.147. The number of carboxylic acid groups (broad SMARTS) is 1. The van der Waals surface area contributed by atoms with Gasteiger partial charge in [0, 0.05) is 63.6 Å². The molecule has 3 amide bonds. The van der Waals surface area contributed by atoms with E-state index in [9.17, 15) is 19.5 Å². The van der Waals surface area contributed by atoms with E-state index in [1.54, 1.807) is 37.1 Å². The molecular formula is C34H41FN6O5. The summed E-state index contributed by atoms with van der Waals surface area (Å²) in [5.41, 5.74) is 2.12. The Labute approximate surface area is 267 Å². The van der Waals surface area contributed by atoms with Crippen LogP contribution in [0, 0.1) is 11.7 Å². The van der Waals surface area contributed by atoms with Gasteiger partial charge in [-0.2, -0.15) is 5.10 Å². The highest BCUT2D eigenvalue weighted by atomic mass is 19.1. The van der Waals surface area contributed by atoms with Crippen LogP contribution in [0.15, 0.2) is 54.9 Å². The normalized spacial score (nSPS) is 18.8. The van der Waals surface area contributed by atoms with Crippen LogP contribution in [0.3, 0.4) is 0 Å². The average Bonchev–Trinajstić information content (AvgIpc) is 3.76. The summed E-state index contributed by atoms with van der Waals surface area (Å²) in [6.45, 7) is 5.67. The second kappa shape index (κ2) is 13.0. The summed E-state index contributed by atoms with van der Waals surface area (Å²) in [6.07, 6.45) is 6.10. The summed E-state index contributed by atoms with van der Waals surface area (Å²) in [6, 6.07) is 13.3. The van der Waals surface area contributed by atoms with E-state index >= 15 is 4.39 Å². The molecule has 11 nitrogen and oxygen atoms in total. The molecular weight excluding hydrogens is 591 g/mol. The number of aromatic nitrogens is 2. The molecule has 46 heavy (non-hydrogen) atoms. The number of rotatable bonds is 9. The van der Waals surface area contributed by atoms with Crippen LogP contribution in [0.25, 0.3) is 11.1 Å². The first-order valence-electron chi connectivity index (χ1n) is 16.0. The number of H-pyrrole nitrogens is 1. The first kappa shape index (κ1) is 31.4. The third-order valence-corrected chi connectivity index (χ3v) is 9.18. The molecule has 0 spiro atoms. The minimum Gasteiger partial charge on any atom is -0.475 e. The minimum absolute atomic E-state index is 0.0352. The smallest absolute Gasteiger partial charge is 0.407 e. The highest BCUT2D eigenvalue weighted by Crippen LogP contribution is 2.35. The van der Waals surface area contributed by atoms with Crippen LogP contribution in [0.5, 0.6) is 5.75 Å². The first-order valence-corrected chi connectivity index (χ1v) is 16.0. The standard InChI is InChI=1S/C34H41FN6O5/c1-34(2,32(43)38-15-17-39(18-16-38)33(44)45)46-29-7-3-6-28(30(29)35)40-14-4-5-25(22-40)31(42)41(27-12-13-27)21-23-8-10-24(11-9-23)26-19-36-37-20-26/h3,6-11,19-20,25,27H,4-5,12-18,21-22H2,1-2H3,(H,36,37)(H,44,45)/t25-/m1/s1. The topological polar surface area (TPSA) is 122 Å². The van der Waals surface area contributed by atoms with E-state index in [-0.39, 0.29) is 55.7 Å². The molecule has 3 aliphatic rings. The SMILES string of the molecule is CC(C)(Oc1cccc(N2CCC[C@@H](C(=O)N(Cc3ccc(-c4cn[nH]c4)cc3)C3CC3)C2)c1F)C(=O)N1CCN(C(=O)O)CC1. The largest absolute Gasteiger partial charge is 0.475 e. The maximum atomic E-state index is 16.0. The Morgan fingerprint density at radius 2 is 1.72 bits per heavy atom. The maximum Gasteiger partial charge on any atom is 0.407 e.